The van der Waals surface area contributed by atoms with Crippen molar-refractivity contribution in [1.82, 2.24) is 25.0 Å². The van der Waals surface area contributed by atoms with Gasteiger partial charge < -0.3 is 19.4 Å². The SMILES string of the molecule is CCNC(=O)c1cc2c(cc1-c1c(C)noc1C)ncc1[nH]/c(=N\C#N)n([C@H](C)c3ccccc3)c12. The number of amides is 1. The molecule has 5 rings (SSSR count). The third-order valence-electron chi connectivity index (χ3n) is 6.40. The number of nitrogens with one attached hydrogen (secondary N) is 2. The molecular weight excluding hydrogens is 454 g/mol. The fourth-order valence-corrected chi connectivity index (χ4v) is 4.77. The van der Waals surface area contributed by atoms with Crippen molar-refractivity contribution in [2.75, 3.05) is 6.54 Å². The molecule has 0 radical (unpaired) electrons. The van der Waals surface area contributed by atoms with Gasteiger partial charge in [0.1, 0.15) is 5.76 Å². The smallest absolute Gasteiger partial charge is 0.251 e. The van der Waals surface area contributed by atoms with Crippen LogP contribution >= 0.6 is 0 Å². The van der Waals surface area contributed by atoms with Crippen LogP contribution in [0.2, 0.25) is 0 Å². The second kappa shape index (κ2) is 9.15. The van der Waals surface area contributed by atoms with Crippen LogP contribution in [0.3, 0.4) is 0 Å². The lowest BCUT2D eigenvalue weighted by atomic mass is 9.95. The van der Waals surface area contributed by atoms with Crippen molar-refractivity contribution in [3.63, 3.8) is 0 Å². The van der Waals surface area contributed by atoms with Gasteiger partial charge in [-0.15, -0.1) is 4.99 Å². The lowest BCUT2D eigenvalue weighted by Crippen LogP contribution is -2.24. The first-order valence-electron chi connectivity index (χ1n) is 11.7. The van der Waals surface area contributed by atoms with Crippen LogP contribution in [0.25, 0.3) is 33.1 Å². The zero-order valence-corrected chi connectivity index (χ0v) is 20.5. The van der Waals surface area contributed by atoms with Crippen LogP contribution in [-0.4, -0.2) is 32.1 Å². The maximum atomic E-state index is 13.3. The van der Waals surface area contributed by atoms with Gasteiger partial charge in [-0.2, -0.15) is 5.26 Å². The predicted molar refractivity (Wildman–Crippen MR) is 136 cm³/mol. The topological polar surface area (TPSA) is 125 Å². The van der Waals surface area contributed by atoms with Gasteiger partial charge in [0, 0.05) is 28.6 Å². The largest absolute Gasteiger partial charge is 0.361 e. The average molecular weight is 480 g/mol. The molecule has 36 heavy (non-hydrogen) atoms. The molecule has 9 nitrogen and oxygen atoms in total. The van der Waals surface area contributed by atoms with Gasteiger partial charge in [0.2, 0.25) is 11.8 Å². The van der Waals surface area contributed by atoms with E-state index in [0.717, 1.165) is 22.0 Å². The zero-order chi connectivity index (χ0) is 25.4. The summed E-state index contributed by atoms with van der Waals surface area (Å²) in [4.78, 5) is 25.2. The van der Waals surface area contributed by atoms with Gasteiger partial charge in [0.15, 0.2) is 0 Å². The van der Waals surface area contributed by atoms with E-state index < -0.39 is 0 Å². The Balaban J connectivity index is 1.89. The molecular formula is C27H25N7O2. The normalized spacial score (nSPS) is 12.7. The van der Waals surface area contributed by atoms with Gasteiger partial charge in [-0.1, -0.05) is 35.5 Å². The third kappa shape index (κ3) is 3.73. The maximum absolute atomic E-state index is 13.3. The number of nitrogens with zero attached hydrogens (tertiary/aromatic N) is 5. The van der Waals surface area contributed by atoms with Gasteiger partial charge >= 0.3 is 0 Å². The highest BCUT2D eigenvalue weighted by Crippen LogP contribution is 2.35. The Kier molecular flexibility index (Phi) is 5.86. The van der Waals surface area contributed by atoms with E-state index >= 15 is 0 Å². The summed E-state index contributed by atoms with van der Waals surface area (Å²) < 4.78 is 7.38. The number of hydrogen-bond donors (Lipinski definition) is 2. The van der Waals surface area contributed by atoms with E-state index in [2.05, 4.69) is 25.4 Å². The van der Waals surface area contributed by atoms with Gasteiger partial charge in [-0.05, 0) is 45.4 Å². The van der Waals surface area contributed by atoms with Crippen molar-refractivity contribution in [3.8, 4) is 17.3 Å². The van der Waals surface area contributed by atoms with Crippen molar-refractivity contribution >= 4 is 27.8 Å². The van der Waals surface area contributed by atoms with E-state index in [-0.39, 0.29) is 11.9 Å². The first kappa shape index (κ1) is 23.1. The molecule has 0 unspecified atom stereocenters. The molecule has 0 fully saturated rings. The molecule has 180 valence electrons. The molecule has 0 bridgehead atoms. The number of H-pyrrole nitrogens is 1. The summed E-state index contributed by atoms with van der Waals surface area (Å²) >= 11 is 0. The molecule has 5 aromatic rings. The lowest BCUT2D eigenvalue weighted by Gasteiger charge is -2.17. The highest BCUT2D eigenvalue weighted by molar-refractivity contribution is 6.10. The summed E-state index contributed by atoms with van der Waals surface area (Å²) in [5.41, 5.74) is 6.35. The number of aryl methyl sites for hydroxylation is 2. The second-order valence-electron chi connectivity index (χ2n) is 8.61. The van der Waals surface area contributed by atoms with Crippen LogP contribution < -0.4 is 10.9 Å². The molecule has 3 aromatic heterocycles. The van der Waals surface area contributed by atoms with Crippen LogP contribution in [0.4, 0.5) is 0 Å². The molecule has 0 aliphatic heterocycles. The van der Waals surface area contributed by atoms with Crippen LogP contribution in [0.15, 0.2) is 58.2 Å². The number of hydrogen-bond acceptors (Lipinski definition) is 6. The van der Waals surface area contributed by atoms with E-state index in [4.69, 9.17) is 4.52 Å². The number of carbonyl (C=O) groups excluding carboxylic acids is 1. The summed E-state index contributed by atoms with van der Waals surface area (Å²) in [6.07, 6.45) is 3.62. The minimum Gasteiger partial charge on any atom is -0.361 e. The third-order valence-corrected chi connectivity index (χ3v) is 6.40. The van der Waals surface area contributed by atoms with E-state index in [0.29, 0.717) is 45.8 Å². The molecule has 0 spiro atoms. The Labute approximate surface area is 207 Å². The van der Waals surface area contributed by atoms with E-state index in [9.17, 15) is 10.1 Å². The van der Waals surface area contributed by atoms with Crippen LogP contribution in [-0.2, 0) is 0 Å². The zero-order valence-electron chi connectivity index (χ0n) is 20.5. The van der Waals surface area contributed by atoms with Gasteiger partial charge in [0.25, 0.3) is 5.91 Å². The number of aromatic amines is 1. The number of imidazole rings is 1. The van der Waals surface area contributed by atoms with Gasteiger partial charge in [-0.3, -0.25) is 9.78 Å². The number of rotatable bonds is 5. The van der Waals surface area contributed by atoms with Crippen molar-refractivity contribution in [1.29, 1.82) is 5.26 Å². The molecule has 0 aliphatic carbocycles. The van der Waals surface area contributed by atoms with Crippen LogP contribution in [0.1, 0.15) is 47.3 Å². The Morgan fingerprint density at radius 2 is 2.06 bits per heavy atom. The average Bonchev–Trinajstić information content (AvgIpc) is 3.42. The number of nitriles is 1. The van der Waals surface area contributed by atoms with Crippen molar-refractivity contribution < 1.29 is 9.32 Å². The molecule has 1 atom stereocenters. The molecule has 0 aliphatic rings. The molecule has 9 heteroatoms. The monoisotopic (exact) mass is 479 g/mol. The number of pyridine rings is 1. The van der Waals surface area contributed by atoms with E-state index in [1.54, 1.807) is 6.20 Å². The van der Waals surface area contributed by atoms with Crippen LogP contribution in [0.5, 0.6) is 0 Å². The Morgan fingerprint density at radius 1 is 1.28 bits per heavy atom. The van der Waals surface area contributed by atoms with Crippen molar-refractivity contribution in [2.24, 2.45) is 4.99 Å². The fourth-order valence-electron chi connectivity index (χ4n) is 4.77. The standard InChI is InChI=1S/C27H25N7O2/c1-5-29-26(35)20-11-21-22(12-19(20)24-15(2)33-36-17(24)4)30-13-23-25(21)34(27(32-23)31-14-28)16(3)18-9-7-6-8-10-18/h6-13,16H,5H2,1-4H3,(H,29,35)(H,31,32)/t16-/m1/s1. The summed E-state index contributed by atoms with van der Waals surface area (Å²) in [6, 6.07) is 13.6. The molecule has 2 aromatic carbocycles. The number of benzene rings is 2. The predicted octanol–water partition coefficient (Wildman–Crippen LogP) is 4.53. The highest BCUT2D eigenvalue weighted by Gasteiger charge is 2.23. The summed E-state index contributed by atoms with van der Waals surface area (Å²) in [5.74, 6) is 0.425. The maximum Gasteiger partial charge on any atom is 0.251 e. The first-order chi connectivity index (χ1) is 17.4. The fraction of sp³-hybridized carbons (Fsp3) is 0.222. The van der Waals surface area contributed by atoms with E-state index in [1.165, 1.54) is 0 Å². The second-order valence-corrected chi connectivity index (χ2v) is 8.61. The van der Waals surface area contributed by atoms with Crippen molar-refractivity contribution in [3.05, 3.63) is 76.9 Å². The quantitative estimate of drug-likeness (QED) is 0.358. The Morgan fingerprint density at radius 3 is 2.72 bits per heavy atom. The van der Waals surface area contributed by atoms with Crippen molar-refractivity contribution in [2.45, 2.75) is 33.7 Å². The Bertz CT molecular complexity index is 1700. The highest BCUT2D eigenvalue weighted by atomic mass is 16.5. The molecule has 2 N–H and O–H groups in total. The summed E-state index contributed by atoms with van der Waals surface area (Å²) in [5, 5.41) is 17.1. The van der Waals surface area contributed by atoms with E-state index in [1.807, 2.05) is 80.9 Å². The number of fused-ring (bicyclic) bond motifs is 3. The first-order valence-corrected chi connectivity index (χ1v) is 11.7. The molecule has 1 amide bonds. The van der Waals surface area contributed by atoms with Crippen LogP contribution in [0, 0.1) is 25.3 Å². The minimum absolute atomic E-state index is 0.146. The minimum atomic E-state index is -0.202. The van der Waals surface area contributed by atoms with Gasteiger partial charge in [-0.25, -0.2) is 0 Å². The lowest BCUT2D eigenvalue weighted by molar-refractivity contribution is 0.0956. The summed E-state index contributed by atoms with van der Waals surface area (Å²) in [6.45, 7) is 8.10. The Hall–Kier alpha value is -4.71. The molecule has 3 heterocycles. The van der Waals surface area contributed by atoms with Gasteiger partial charge in [0.05, 0.1) is 34.5 Å². The summed E-state index contributed by atoms with van der Waals surface area (Å²) in [7, 11) is 0. The number of carbonyl (C=O) groups is 1. The number of aromatic nitrogens is 4. The molecule has 0 saturated heterocycles. The molecule has 0 saturated carbocycles.